The van der Waals surface area contributed by atoms with Gasteiger partial charge in [0.25, 0.3) is 5.56 Å². The van der Waals surface area contributed by atoms with Gasteiger partial charge in [-0.15, -0.1) is 11.3 Å². The Morgan fingerprint density at radius 3 is 2.56 bits per heavy atom. The molecule has 0 aliphatic rings. The number of hydrogen-bond acceptors (Lipinski definition) is 5. The van der Waals surface area contributed by atoms with Gasteiger partial charge in [0.15, 0.2) is 5.78 Å². The van der Waals surface area contributed by atoms with Gasteiger partial charge in [0.2, 0.25) is 5.91 Å². The van der Waals surface area contributed by atoms with E-state index in [4.69, 9.17) is 0 Å². The Morgan fingerprint density at radius 2 is 1.89 bits per heavy atom. The number of anilines is 1. The fraction of sp³-hybridized carbons (Fsp3) is 0.300. The van der Waals surface area contributed by atoms with Crippen LogP contribution in [0.5, 0.6) is 0 Å². The first kappa shape index (κ1) is 19.0. The number of nitrogens with one attached hydrogen (secondary N) is 1. The second-order valence-corrected chi connectivity index (χ2v) is 7.64. The number of rotatable bonds is 6. The molecule has 2 heterocycles. The highest BCUT2D eigenvalue weighted by atomic mass is 32.1. The molecule has 1 amide bonds. The number of fused-ring (bicyclic) bond motifs is 1. The molecule has 0 fully saturated rings. The molecule has 0 saturated heterocycles. The first-order chi connectivity index (χ1) is 12.9. The van der Waals surface area contributed by atoms with E-state index in [1.165, 1.54) is 22.2 Å². The van der Waals surface area contributed by atoms with E-state index < -0.39 is 0 Å². The Kier molecular flexibility index (Phi) is 5.51. The summed E-state index contributed by atoms with van der Waals surface area (Å²) in [5.74, 6) is -0.238. The molecular formula is C20H21N3O3S. The van der Waals surface area contributed by atoms with Gasteiger partial charge in [-0.1, -0.05) is 6.92 Å². The quantitative estimate of drug-likeness (QED) is 0.658. The summed E-state index contributed by atoms with van der Waals surface area (Å²) in [6.07, 6.45) is 2.66. The average Bonchev–Trinajstić information content (AvgIpc) is 2.93. The van der Waals surface area contributed by atoms with Crippen LogP contribution >= 0.6 is 11.3 Å². The van der Waals surface area contributed by atoms with Crippen LogP contribution in [0.3, 0.4) is 0 Å². The van der Waals surface area contributed by atoms with Crippen LogP contribution in [0.15, 0.2) is 35.4 Å². The maximum atomic E-state index is 12.7. The number of aromatic nitrogens is 2. The Hall–Kier alpha value is -2.80. The minimum atomic E-state index is -0.196. The predicted octanol–water partition coefficient (Wildman–Crippen LogP) is 3.70. The molecule has 0 aliphatic heterocycles. The van der Waals surface area contributed by atoms with Crippen molar-refractivity contribution in [1.82, 2.24) is 9.55 Å². The van der Waals surface area contributed by atoms with Crippen molar-refractivity contribution in [3.8, 4) is 0 Å². The normalized spacial score (nSPS) is 10.9. The number of nitrogens with zero attached hydrogens (tertiary/aromatic N) is 2. The van der Waals surface area contributed by atoms with Crippen molar-refractivity contribution in [2.24, 2.45) is 0 Å². The van der Waals surface area contributed by atoms with Crippen LogP contribution in [0.4, 0.5) is 5.69 Å². The van der Waals surface area contributed by atoms with Gasteiger partial charge in [0.05, 0.1) is 18.3 Å². The monoisotopic (exact) mass is 383 g/mol. The Balaban J connectivity index is 1.78. The molecule has 0 radical (unpaired) electrons. The zero-order chi connectivity index (χ0) is 19.6. The van der Waals surface area contributed by atoms with Crippen LogP contribution < -0.4 is 10.9 Å². The van der Waals surface area contributed by atoms with E-state index in [-0.39, 0.29) is 23.8 Å². The summed E-state index contributed by atoms with van der Waals surface area (Å²) in [6.45, 7) is 5.72. The molecule has 1 N–H and O–H groups in total. The molecule has 7 heteroatoms. The van der Waals surface area contributed by atoms with Crippen molar-refractivity contribution < 1.29 is 9.59 Å². The third kappa shape index (κ3) is 3.98. The fourth-order valence-electron chi connectivity index (χ4n) is 2.82. The summed E-state index contributed by atoms with van der Waals surface area (Å²) in [5, 5.41) is 3.37. The molecule has 0 bridgehead atoms. The molecule has 0 atom stereocenters. The summed E-state index contributed by atoms with van der Waals surface area (Å²) in [7, 11) is 0. The van der Waals surface area contributed by atoms with E-state index in [1.54, 1.807) is 24.3 Å². The smallest absolute Gasteiger partial charge is 0.262 e. The van der Waals surface area contributed by atoms with Gasteiger partial charge in [-0.05, 0) is 50.1 Å². The van der Waals surface area contributed by atoms with Crippen LogP contribution in [0.25, 0.3) is 10.2 Å². The van der Waals surface area contributed by atoms with Crippen LogP contribution in [0.1, 0.15) is 40.6 Å². The molecule has 0 saturated carbocycles. The number of ketones is 1. The zero-order valence-electron chi connectivity index (χ0n) is 15.5. The maximum absolute atomic E-state index is 12.7. The number of benzene rings is 1. The Bertz CT molecular complexity index is 1060. The van der Waals surface area contributed by atoms with Crippen molar-refractivity contribution in [1.29, 1.82) is 0 Å². The molecule has 0 unspecified atom stereocenters. The summed E-state index contributed by atoms with van der Waals surface area (Å²) in [4.78, 5) is 42.9. The van der Waals surface area contributed by atoms with Crippen molar-refractivity contribution in [2.75, 3.05) is 5.32 Å². The minimum Gasteiger partial charge on any atom is -0.326 e. The van der Waals surface area contributed by atoms with E-state index in [0.29, 0.717) is 27.9 Å². The highest BCUT2D eigenvalue weighted by molar-refractivity contribution is 7.18. The van der Waals surface area contributed by atoms with E-state index in [1.807, 2.05) is 20.8 Å². The third-order valence-electron chi connectivity index (χ3n) is 4.44. The van der Waals surface area contributed by atoms with E-state index in [2.05, 4.69) is 10.3 Å². The van der Waals surface area contributed by atoms with Crippen molar-refractivity contribution in [2.45, 2.75) is 40.2 Å². The Labute approximate surface area is 160 Å². The van der Waals surface area contributed by atoms with Crippen molar-refractivity contribution in [3.05, 3.63) is 57.0 Å². The van der Waals surface area contributed by atoms with Gasteiger partial charge in [0.1, 0.15) is 4.83 Å². The zero-order valence-corrected chi connectivity index (χ0v) is 16.4. The lowest BCUT2D eigenvalue weighted by Gasteiger charge is -2.07. The van der Waals surface area contributed by atoms with E-state index in [9.17, 15) is 14.4 Å². The molecule has 6 nitrogen and oxygen atoms in total. The van der Waals surface area contributed by atoms with Gasteiger partial charge in [-0.2, -0.15) is 0 Å². The summed E-state index contributed by atoms with van der Waals surface area (Å²) >= 11 is 1.48. The molecule has 27 heavy (non-hydrogen) atoms. The summed E-state index contributed by atoms with van der Waals surface area (Å²) < 4.78 is 1.35. The fourth-order valence-corrected chi connectivity index (χ4v) is 3.81. The van der Waals surface area contributed by atoms with Crippen LogP contribution in [0, 0.1) is 13.8 Å². The van der Waals surface area contributed by atoms with Crippen molar-refractivity contribution >= 4 is 38.9 Å². The number of thiophene rings is 1. The van der Waals surface area contributed by atoms with Crippen molar-refractivity contribution in [3.63, 3.8) is 0 Å². The maximum Gasteiger partial charge on any atom is 0.262 e. The number of aryl methyl sites for hydroxylation is 2. The minimum absolute atomic E-state index is 0.0519. The molecule has 2 aromatic heterocycles. The third-order valence-corrected chi connectivity index (χ3v) is 5.55. The summed E-state index contributed by atoms with van der Waals surface area (Å²) in [6, 6.07) is 6.69. The Morgan fingerprint density at radius 1 is 1.19 bits per heavy atom. The highest BCUT2D eigenvalue weighted by Gasteiger charge is 2.14. The van der Waals surface area contributed by atoms with Gasteiger partial charge >= 0.3 is 0 Å². The number of carbonyl (C=O) groups is 2. The number of amides is 1. The van der Waals surface area contributed by atoms with Gasteiger partial charge in [0, 0.05) is 22.5 Å². The number of carbonyl (C=O) groups excluding carboxylic acids is 2. The largest absolute Gasteiger partial charge is 0.326 e. The number of hydrogen-bond donors (Lipinski definition) is 1. The lowest BCUT2D eigenvalue weighted by molar-refractivity contribution is -0.116. The molecule has 140 valence electrons. The van der Waals surface area contributed by atoms with E-state index in [0.717, 1.165) is 16.9 Å². The molecule has 3 rings (SSSR count). The van der Waals surface area contributed by atoms with E-state index >= 15 is 0 Å². The van der Waals surface area contributed by atoms with Gasteiger partial charge in [-0.25, -0.2) is 4.98 Å². The standard InChI is InChI=1S/C20H21N3O3S/c1-4-5-17(25)22-15-8-6-14(7-9-15)16(24)10-23-11-21-19-18(20(23)26)12(2)13(3)27-19/h6-9,11H,4-5,10H2,1-3H3,(H,22,25). The first-order valence-electron chi connectivity index (χ1n) is 8.79. The first-order valence-corrected chi connectivity index (χ1v) is 9.60. The highest BCUT2D eigenvalue weighted by Crippen LogP contribution is 2.25. The number of Topliss-reactive ketones (excluding diaryl/α,β-unsaturated/α-hetero) is 1. The van der Waals surface area contributed by atoms with Crippen LogP contribution in [-0.2, 0) is 11.3 Å². The predicted molar refractivity (Wildman–Crippen MR) is 108 cm³/mol. The lowest BCUT2D eigenvalue weighted by Crippen LogP contribution is -2.24. The average molecular weight is 383 g/mol. The lowest BCUT2D eigenvalue weighted by atomic mass is 10.1. The van der Waals surface area contributed by atoms with Gasteiger partial charge < -0.3 is 5.32 Å². The SMILES string of the molecule is CCCC(=O)Nc1ccc(C(=O)Cn2cnc3sc(C)c(C)c3c2=O)cc1. The second-order valence-electron chi connectivity index (χ2n) is 6.44. The molecule has 3 aromatic rings. The molecule has 0 aliphatic carbocycles. The topological polar surface area (TPSA) is 81.1 Å². The van der Waals surface area contributed by atoms with Crippen LogP contribution in [-0.4, -0.2) is 21.2 Å². The second kappa shape index (κ2) is 7.84. The molecule has 1 aromatic carbocycles. The van der Waals surface area contributed by atoms with Crippen LogP contribution in [0.2, 0.25) is 0 Å². The molecule has 0 spiro atoms. The summed E-state index contributed by atoms with van der Waals surface area (Å²) in [5.41, 5.74) is 1.85. The molecular weight excluding hydrogens is 362 g/mol. The van der Waals surface area contributed by atoms with Gasteiger partial charge in [-0.3, -0.25) is 19.0 Å².